The number of hydrogen-bond donors (Lipinski definition) is 1. The molecule has 0 spiro atoms. The van der Waals surface area contributed by atoms with Crippen molar-refractivity contribution in [3.63, 3.8) is 0 Å². The first-order valence-corrected chi connectivity index (χ1v) is 12.2. The molecule has 1 N–H and O–H groups in total. The van der Waals surface area contributed by atoms with E-state index in [0.29, 0.717) is 48.7 Å². The number of amides is 1. The smallest absolute Gasteiger partial charge is 0.261 e. The van der Waals surface area contributed by atoms with Gasteiger partial charge in [-0.25, -0.2) is 12.8 Å². The highest BCUT2D eigenvalue weighted by molar-refractivity contribution is 7.92. The normalized spacial score (nSPS) is 14.3. The zero-order valence-corrected chi connectivity index (χ0v) is 19.4. The van der Waals surface area contributed by atoms with Crippen molar-refractivity contribution in [2.24, 2.45) is 0 Å². The highest BCUT2D eigenvalue weighted by Gasteiger charge is 2.24. The average molecular weight is 468 g/mol. The number of nitrogens with zero attached hydrogens (tertiary/aromatic N) is 2. The number of nitrogens with one attached hydrogen (secondary N) is 1. The summed E-state index contributed by atoms with van der Waals surface area (Å²) in [6.45, 7) is 5.70. The number of sulfonamides is 1. The minimum absolute atomic E-state index is 0.126. The Labute approximate surface area is 193 Å². The maximum absolute atomic E-state index is 14.0. The molecule has 172 valence electrons. The van der Waals surface area contributed by atoms with Crippen LogP contribution in [0.15, 0.2) is 71.6 Å². The van der Waals surface area contributed by atoms with Crippen LogP contribution in [0.25, 0.3) is 0 Å². The Bertz CT molecular complexity index is 1270. The van der Waals surface area contributed by atoms with Gasteiger partial charge in [0.25, 0.3) is 15.9 Å². The zero-order valence-electron chi connectivity index (χ0n) is 18.6. The van der Waals surface area contributed by atoms with Crippen molar-refractivity contribution in [1.29, 1.82) is 0 Å². The average Bonchev–Trinajstić information content (AvgIpc) is 2.80. The van der Waals surface area contributed by atoms with Gasteiger partial charge >= 0.3 is 0 Å². The molecule has 1 aliphatic rings. The molecule has 0 bridgehead atoms. The van der Waals surface area contributed by atoms with Gasteiger partial charge in [0, 0.05) is 31.7 Å². The monoisotopic (exact) mass is 467 g/mol. The van der Waals surface area contributed by atoms with E-state index in [9.17, 15) is 17.6 Å². The maximum Gasteiger partial charge on any atom is 0.261 e. The van der Waals surface area contributed by atoms with Gasteiger partial charge in [-0.05, 0) is 61.9 Å². The zero-order chi connectivity index (χ0) is 23.6. The number of anilines is 2. The molecule has 6 nitrogen and oxygen atoms in total. The Morgan fingerprint density at radius 1 is 0.909 bits per heavy atom. The summed E-state index contributed by atoms with van der Waals surface area (Å²) in [5, 5.41) is 0. The Morgan fingerprint density at radius 3 is 2.21 bits per heavy atom. The molecule has 0 atom stereocenters. The van der Waals surface area contributed by atoms with Gasteiger partial charge in [-0.3, -0.25) is 9.52 Å². The summed E-state index contributed by atoms with van der Waals surface area (Å²) in [4.78, 5) is 16.9. The molecule has 1 aliphatic heterocycles. The molecule has 1 fully saturated rings. The first-order chi connectivity index (χ1) is 15.7. The van der Waals surface area contributed by atoms with Crippen LogP contribution in [0.4, 0.5) is 15.8 Å². The lowest BCUT2D eigenvalue weighted by Crippen LogP contribution is -2.49. The number of hydrogen-bond acceptors (Lipinski definition) is 4. The van der Waals surface area contributed by atoms with E-state index in [2.05, 4.69) is 4.72 Å². The van der Waals surface area contributed by atoms with E-state index in [1.165, 1.54) is 6.07 Å². The molecular weight excluding hydrogens is 441 g/mol. The number of benzene rings is 3. The fraction of sp³-hybridized carbons (Fsp3) is 0.240. The molecular formula is C25H26FN3O3S. The molecule has 0 radical (unpaired) electrons. The van der Waals surface area contributed by atoms with Gasteiger partial charge in [0.2, 0.25) is 0 Å². The van der Waals surface area contributed by atoms with Gasteiger partial charge in [-0.15, -0.1) is 0 Å². The lowest BCUT2D eigenvalue weighted by molar-refractivity contribution is 0.0746. The molecule has 33 heavy (non-hydrogen) atoms. The van der Waals surface area contributed by atoms with Gasteiger partial charge < -0.3 is 9.80 Å². The molecule has 3 aromatic rings. The Hall–Kier alpha value is -3.39. The van der Waals surface area contributed by atoms with E-state index < -0.39 is 10.0 Å². The van der Waals surface area contributed by atoms with Gasteiger partial charge in [0.05, 0.1) is 16.3 Å². The highest BCUT2D eigenvalue weighted by Crippen LogP contribution is 2.24. The van der Waals surface area contributed by atoms with Gasteiger partial charge in [-0.1, -0.05) is 29.8 Å². The van der Waals surface area contributed by atoms with E-state index in [1.807, 2.05) is 11.8 Å². The lowest BCUT2D eigenvalue weighted by atomic mass is 10.1. The molecule has 1 amide bonds. The van der Waals surface area contributed by atoms with Crippen molar-refractivity contribution >= 4 is 27.3 Å². The maximum atomic E-state index is 14.0. The number of piperazine rings is 1. The third-order valence-electron chi connectivity index (χ3n) is 5.81. The molecule has 1 heterocycles. The minimum Gasteiger partial charge on any atom is -0.366 e. The number of carbonyl (C=O) groups excluding carboxylic acids is 1. The molecule has 1 saturated heterocycles. The second-order valence-electron chi connectivity index (χ2n) is 8.18. The summed E-state index contributed by atoms with van der Waals surface area (Å²) < 4.78 is 42.0. The number of para-hydroxylation sites is 1. The van der Waals surface area contributed by atoms with Crippen molar-refractivity contribution in [2.45, 2.75) is 18.7 Å². The summed E-state index contributed by atoms with van der Waals surface area (Å²) in [7, 11) is -3.72. The standard InChI is InChI=1S/C25H26FN3O3S/c1-18-7-10-21(11-8-18)33(31,32)27-23-12-9-20(17-19(23)2)25(30)29-15-13-28(14-16-29)24-6-4-3-5-22(24)26/h3-12,17,27H,13-16H2,1-2H3. The first-order valence-electron chi connectivity index (χ1n) is 10.7. The SMILES string of the molecule is Cc1ccc(S(=O)(=O)Nc2ccc(C(=O)N3CCN(c4ccccc4F)CC3)cc2C)cc1. The topological polar surface area (TPSA) is 69.7 Å². The van der Waals surface area contributed by atoms with Crippen LogP contribution in [0.1, 0.15) is 21.5 Å². The fourth-order valence-corrected chi connectivity index (χ4v) is 5.00. The molecule has 0 aromatic heterocycles. The molecule has 8 heteroatoms. The van der Waals surface area contributed by atoms with E-state index in [1.54, 1.807) is 72.5 Å². The second-order valence-corrected chi connectivity index (χ2v) is 9.86. The number of aryl methyl sites for hydroxylation is 2. The van der Waals surface area contributed by atoms with Gasteiger partial charge in [0.15, 0.2) is 0 Å². The van der Waals surface area contributed by atoms with E-state index >= 15 is 0 Å². The summed E-state index contributed by atoms with van der Waals surface area (Å²) in [6, 6.07) is 18.2. The van der Waals surface area contributed by atoms with Crippen LogP contribution < -0.4 is 9.62 Å². The number of halogens is 1. The van der Waals surface area contributed by atoms with Crippen LogP contribution in [-0.2, 0) is 10.0 Å². The second kappa shape index (κ2) is 9.23. The van der Waals surface area contributed by atoms with Crippen LogP contribution in [0.3, 0.4) is 0 Å². The van der Waals surface area contributed by atoms with Crippen molar-refractivity contribution < 1.29 is 17.6 Å². The summed E-state index contributed by atoms with van der Waals surface area (Å²) in [6.07, 6.45) is 0. The largest absolute Gasteiger partial charge is 0.366 e. The van der Waals surface area contributed by atoms with Crippen molar-refractivity contribution in [3.8, 4) is 0 Å². The van der Waals surface area contributed by atoms with Crippen LogP contribution in [0.2, 0.25) is 0 Å². The van der Waals surface area contributed by atoms with Crippen molar-refractivity contribution in [1.82, 2.24) is 4.90 Å². The Balaban J connectivity index is 1.43. The minimum atomic E-state index is -3.72. The molecule has 0 unspecified atom stereocenters. The summed E-state index contributed by atoms with van der Waals surface area (Å²) in [5.41, 5.74) is 3.09. The van der Waals surface area contributed by atoms with Crippen molar-refractivity contribution in [3.05, 3.63) is 89.2 Å². The lowest BCUT2D eigenvalue weighted by Gasteiger charge is -2.36. The number of carbonyl (C=O) groups is 1. The molecule has 4 rings (SSSR count). The first kappa shape index (κ1) is 22.8. The van der Waals surface area contributed by atoms with Crippen LogP contribution >= 0.6 is 0 Å². The highest BCUT2D eigenvalue weighted by atomic mass is 32.2. The quantitative estimate of drug-likeness (QED) is 0.611. The third-order valence-corrected chi connectivity index (χ3v) is 7.19. The van der Waals surface area contributed by atoms with Gasteiger partial charge in [0.1, 0.15) is 5.82 Å². The van der Waals surface area contributed by atoms with Gasteiger partial charge in [-0.2, -0.15) is 0 Å². The molecule has 0 aliphatic carbocycles. The van der Waals surface area contributed by atoms with Crippen LogP contribution in [-0.4, -0.2) is 45.4 Å². The molecule has 0 saturated carbocycles. The third kappa shape index (κ3) is 5.01. The fourth-order valence-electron chi connectivity index (χ4n) is 3.87. The van der Waals surface area contributed by atoms with E-state index in [0.717, 1.165) is 5.56 Å². The Kier molecular flexibility index (Phi) is 6.37. The van der Waals surface area contributed by atoms with Crippen molar-refractivity contribution in [2.75, 3.05) is 35.8 Å². The molecule has 3 aromatic carbocycles. The van der Waals surface area contributed by atoms with E-state index in [-0.39, 0.29) is 16.6 Å². The van der Waals surface area contributed by atoms with Crippen LogP contribution in [0, 0.1) is 19.7 Å². The predicted molar refractivity (Wildman–Crippen MR) is 128 cm³/mol. The number of rotatable bonds is 5. The summed E-state index contributed by atoms with van der Waals surface area (Å²) in [5.74, 6) is -0.393. The van der Waals surface area contributed by atoms with Crippen LogP contribution in [0.5, 0.6) is 0 Å². The predicted octanol–water partition coefficient (Wildman–Crippen LogP) is 4.21. The van der Waals surface area contributed by atoms with E-state index in [4.69, 9.17) is 0 Å². The summed E-state index contributed by atoms with van der Waals surface area (Å²) >= 11 is 0. The Morgan fingerprint density at radius 2 is 1.58 bits per heavy atom.